The van der Waals surface area contributed by atoms with Gasteiger partial charge in [0.2, 0.25) is 11.8 Å². The summed E-state index contributed by atoms with van der Waals surface area (Å²) in [5.74, 6) is -1.09. The number of carbonyl (C=O) groups is 2. The first kappa shape index (κ1) is 31.2. The molecule has 0 aliphatic rings. The zero-order chi connectivity index (χ0) is 31.0. The topological polar surface area (TPSA) is 96.0 Å². The van der Waals surface area contributed by atoms with Crippen LogP contribution in [0, 0.1) is 12.7 Å². The Balaban J connectivity index is 1.77. The Morgan fingerprint density at radius 1 is 0.860 bits per heavy atom. The van der Waals surface area contributed by atoms with Gasteiger partial charge in [-0.2, -0.15) is 0 Å². The van der Waals surface area contributed by atoms with E-state index in [-0.39, 0.29) is 23.5 Å². The monoisotopic (exact) mass is 603 g/mol. The minimum Gasteiger partial charge on any atom is -0.497 e. The minimum absolute atomic E-state index is 0.0594. The first-order valence-corrected chi connectivity index (χ1v) is 15.1. The predicted molar refractivity (Wildman–Crippen MR) is 164 cm³/mol. The Hall–Kier alpha value is -4.70. The normalized spacial score (nSPS) is 11.8. The molecule has 0 unspecified atom stereocenters. The molecule has 1 atom stereocenters. The summed E-state index contributed by atoms with van der Waals surface area (Å²) in [5, 5.41) is 2.66. The zero-order valence-corrected chi connectivity index (χ0v) is 25.1. The predicted octanol–water partition coefficient (Wildman–Crippen LogP) is 4.72. The maximum Gasteiger partial charge on any atom is 0.264 e. The number of hydrogen-bond acceptors (Lipinski definition) is 5. The fourth-order valence-electron chi connectivity index (χ4n) is 4.62. The Bertz CT molecular complexity index is 1630. The number of carbonyl (C=O) groups excluding carboxylic acids is 2. The molecule has 4 aromatic carbocycles. The van der Waals surface area contributed by atoms with Crippen molar-refractivity contribution >= 4 is 27.5 Å². The van der Waals surface area contributed by atoms with Crippen LogP contribution in [0.15, 0.2) is 108 Å². The van der Waals surface area contributed by atoms with Crippen LogP contribution in [0.1, 0.15) is 16.7 Å². The van der Waals surface area contributed by atoms with E-state index >= 15 is 0 Å². The molecule has 0 fully saturated rings. The van der Waals surface area contributed by atoms with Gasteiger partial charge in [-0.25, -0.2) is 12.8 Å². The van der Waals surface area contributed by atoms with Gasteiger partial charge in [-0.05, 0) is 66.6 Å². The lowest BCUT2D eigenvalue weighted by molar-refractivity contribution is -0.139. The number of halogens is 1. The number of benzene rings is 4. The van der Waals surface area contributed by atoms with Crippen molar-refractivity contribution in [1.29, 1.82) is 0 Å². The molecule has 224 valence electrons. The summed E-state index contributed by atoms with van der Waals surface area (Å²) in [5.41, 5.74) is 2.73. The van der Waals surface area contributed by atoms with Crippen molar-refractivity contribution in [2.75, 3.05) is 25.0 Å². The highest BCUT2D eigenvalue weighted by Crippen LogP contribution is 2.26. The fraction of sp³-hybridized carbons (Fsp3) is 0.212. The second-order valence-corrected chi connectivity index (χ2v) is 11.9. The van der Waals surface area contributed by atoms with E-state index in [1.807, 2.05) is 61.5 Å². The highest BCUT2D eigenvalue weighted by atomic mass is 32.2. The van der Waals surface area contributed by atoms with Crippen molar-refractivity contribution in [3.63, 3.8) is 0 Å². The lowest BCUT2D eigenvalue weighted by atomic mass is 10.0. The molecule has 0 radical (unpaired) electrons. The Morgan fingerprint density at radius 2 is 1.49 bits per heavy atom. The number of hydrogen-bond donors (Lipinski definition) is 1. The Kier molecular flexibility index (Phi) is 10.2. The van der Waals surface area contributed by atoms with E-state index in [1.54, 1.807) is 0 Å². The average molecular weight is 604 g/mol. The van der Waals surface area contributed by atoms with Gasteiger partial charge in [-0.15, -0.1) is 0 Å². The largest absolute Gasteiger partial charge is 0.497 e. The van der Waals surface area contributed by atoms with E-state index in [0.717, 1.165) is 33.1 Å². The SMILES string of the molecule is CNC(=O)[C@H](Cc1ccccc1)N(Cc1ccc(C)cc1)C(=O)CN(c1ccc(F)cc1)S(=O)(=O)c1ccc(OC)cc1. The number of rotatable bonds is 12. The number of ether oxygens (including phenoxy) is 1. The van der Waals surface area contributed by atoms with E-state index in [4.69, 9.17) is 4.74 Å². The molecular formula is C33H34FN3O5S. The van der Waals surface area contributed by atoms with Gasteiger partial charge in [-0.3, -0.25) is 13.9 Å². The van der Waals surface area contributed by atoms with Gasteiger partial charge in [0.1, 0.15) is 24.2 Å². The van der Waals surface area contributed by atoms with Gasteiger partial charge in [0.15, 0.2) is 0 Å². The molecule has 0 bridgehead atoms. The molecule has 0 aromatic heterocycles. The molecule has 0 saturated carbocycles. The first-order valence-electron chi connectivity index (χ1n) is 13.6. The summed E-state index contributed by atoms with van der Waals surface area (Å²) in [6, 6.07) is 26.5. The van der Waals surface area contributed by atoms with Crippen LogP contribution in [0.25, 0.3) is 0 Å². The third-order valence-corrected chi connectivity index (χ3v) is 8.82. The van der Waals surface area contributed by atoms with Crippen molar-refractivity contribution in [3.05, 3.63) is 126 Å². The second kappa shape index (κ2) is 14.0. The zero-order valence-electron chi connectivity index (χ0n) is 24.2. The van der Waals surface area contributed by atoms with Crippen molar-refractivity contribution in [3.8, 4) is 5.75 Å². The molecule has 4 rings (SSSR count). The summed E-state index contributed by atoms with van der Waals surface area (Å²) in [4.78, 5) is 28.8. The average Bonchev–Trinajstić information content (AvgIpc) is 3.03. The molecule has 0 spiro atoms. The van der Waals surface area contributed by atoms with Gasteiger partial charge in [0.05, 0.1) is 17.7 Å². The van der Waals surface area contributed by atoms with Gasteiger partial charge in [0.25, 0.3) is 10.0 Å². The quantitative estimate of drug-likeness (QED) is 0.253. The van der Waals surface area contributed by atoms with Crippen LogP contribution in [0.2, 0.25) is 0 Å². The van der Waals surface area contributed by atoms with Crippen molar-refractivity contribution in [2.24, 2.45) is 0 Å². The molecule has 0 saturated heterocycles. The molecule has 10 heteroatoms. The third-order valence-electron chi connectivity index (χ3n) is 7.03. The van der Waals surface area contributed by atoms with Gasteiger partial charge >= 0.3 is 0 Å². The molecule has 2 amide bonds. The number of anilines is 1. The van der Waals surface area contributed by atoms with Crippen LogP contribution in [0.3, 0.4) is 0 Å². The van der Waals surface area contributed by atoms with E-state index in [1.165, 1.54) is 55.5 Å². The summed E-state index contributed by atoms with van der Waals surface area (Å²) >= 11 is 0. The summed E-state index contributed by atoms with van der Waals surface area (Å²) in [6.45, 7) is 1.37. The van der Waals surface area contributed by atoms with Crippen LogP contribution in [-0.4, -0.2) is 51.9 Å². The van der Waals surface area contributed by atoms with E-state index in [2.05, 4.69) is 5.32 Å². The fourth-order valence-corrected chi connectivity index (χ4v) is 6.04. The van der Waals surface area contributed by atoms with Crippen LogP contribution in [0.5, 0.6) is 5.75 Å². The highest BCUT2D eigenvalue weighted by molar-refractivity contribution is 7.92. The number of sulfonamides is 1. The number of amides is 2. The molecule has 0 aliphatic heterocycles. The van der Waals surface area contributed by atoms with Crippen LogP contribution in [0.4, 0.5) is 10.1 Å². The van der Waals surface area contributed by atoms with Crippen molar-refractivity contribution in [1.82, 2.24) is 10.2 Å². The number of nitrogens with one attached hydrogen (secondary N) is 1. The summed E-state index contributed by atoms with van der Waals surface area (Å²) in [7, 11) is -1.34. The Morgan fingerprint density at radius 3 is 2.07 bits per heavy atom. The second-order valence-electron chi connectivity index (χ2n) is 9.99. The van der Waals surface area contributed by atoms with Gasteiger partial charge in [0, 0.05) is 20.0 Å². The highest BCUT2D eigenvalue weighted by Gasteiger charge is 2.34. The van der Waals surface area contributed by atoms with Crippen LogP contribution < -0.4 is 14.4 Å². The van der Waals surface area contributed by atoms with Crippen LogP contribution >= 0.6 is 0 Å². The van der Waals surface area contributed by atoms with Crippen molar-refractivity contribution in [2.45, 2.75) is 30.8 Å². The smallest absolute Gasteiger partial charge is 0.264 e. The summed E-state index contributed by atoms with van der Waals surface area (Å²) in [6.07, 6.45) is 0.208. The molecular weight excluding hydrogens is 569 g/mol. The number of likely N-dealkylation sites (N-methyl/N-ethyl adjacent to an activating group) is 1. The van der Waals surface area contributed by atoms with Crippen molar-refractivity contribution < 1.29 is 27.1 Å². The molecule has 4 aromatic rings. The van der Waals surface area contributed by atoms with Crippen LogP contribution in [-0.2, 0) is 32.6 Å². The van der Waals surface area contributed by atoms with E-state index < -0.39 is 40.2 Å². The number of nitrogens with zero attached hydrogens (tertiary/aromatic N) is 2. The lowest BCUT2D eigenvalue weighted by Crippen LogP contribution is -2.53. The van der Waals surface area contributed by atoms with Gasteiger partial charge in [-0.1, -0.05) is 60.2 Å². The number of aryl methyl sites for hydroxylation is 1. The standard InChI is InChI=1S/C33H34FN3O5S/c1-24-9-11-26(12-10-24)22-36(31(33(39)35-2)21-25-7-5-4-6-8-25)32(38)23-37(28-15-13-27(34)14-16-28)43(40,41)30-19-17-29(42-3)18-20-30/h4-20,31H,21-23H2,1-3H3,(H,35,39)/t31-/m0/s1. The van der Waals surface area contributed by atoms with E-state index in [0.29, 0.717) is 5.75 Å². The maximum atomic E-state index is 14.2. The molecule has 0 aliphatic carbocycles. The van der Waals surface area contributed by atoms with Gasteiger partial charge < -0.3 is 15.0 Å². The first-order chi connectivity index (χ1) is 20.6. The summed E-state index contributed by atoms with van der Waals surface area (Å²) < 4.78 is 47.9. The Labute approximate surface area is 251 Å². The molecule has 43 heavy (non-hydrogen) atoms. The molecule has 0 heterocycles. The molecule has 1 N–H and O–H groups in total. The third kappa shape index (κ3) is 7.78. The number of methoxy groups -OCH3 is 1. The lowest BCUT2D eigenvalue weighted by Gasteiger charge is -2.33. The molecule has 8 nitrogen and oxygen atoms in total. The van der Waals surface area contributed by atoms with E-state index in [9.17, 15) is 22.4 Å². The minimum atomic E-state index is -4.30. The maximum absolute atomic E-state index is 14.2.